The van der Waals surface area contributed by atoms with Gasteiger partial charge >= 0.3 is 0 Å². The number of fused-ring (bicyclic) bond motifs is 2. The normalized spacial score (nSPS) is 29.0. The van der Waals surface area contributed by atoms with Crippen molar-refractivity contribution in [1.29, 1.82) is 0 Å². The van der Waals surface area contributed by atoms with Gasteiger partial charge in [-0.25, -0.2) is 5.43 Å². The molecular weight excluding hydrogens is 304 g/mol. The molecule has 100 valence electrons. The van der Waals surface area contributed by atoms with E-state index in [-0.39, 0.29) is 5.91 Å². The molecule has 0 heterocycles. The summed E-state index contributed by atoms with van der Waals surface area (Å²) in [6.45, 7) is 0. The van der Waals surface area contributed by atoms with Crippen molar-refractivity contribution in [2.24, 2.45) is 22.9 Å². The minimum atomic E-state index is -0.152. The lowest BCUT2D eigenvalue weighted by Crippen LogP contribution is -2.20. The Kier molecular flexibility index (Phi) is 3.69. The molecule has 4 heteroatoms. The van der Waals surface area contributed by atoms with Gasteiger partial charge in [-0.15, -0.1) is 0 Å². The molecule has 3 atom stereocenters. The van der Waals surface area contributed by atoms with Crippen molar-refractivity contribution >= 4 is 28.1 Å². The zero-order valence-corrected chi connectivity index (χ0v) is 12.3. The summed E-state index contributed by atoms with van der Waals surface area (Å²) in [6, 6.07) is 7.32. The van der Waals surface area contributed by atoms with E-state index in [1.807, 2.05) is 18.3 Å². The average molecular weight is 321 g/mol. The van der Waals surface area contributed by atoms with Crippen LogP contribution in [-0.2, 0) is 0 Å². The van der Waals surface area contributed by atoms with Gasteiger partial charge in [0.15, 0.2) is 0 Å². The largest absolute Gasteiger partial charge is 0.271 e. The van der Waals surface area contributed by atoms with Gasteiger partial charge < -0.3 is 0 Å². The Morgan fingerprint density at radius 2 is 2.26 bits per heavy atom. The Labute approximate surface area is 121 Å². The van der Waals surface area contributed by atoms with E-state index in [4.69, 9.17) is 0 Å². The zero-order chi connectivity index (χ0) is 13.2. The summed E-state index contributed by atoms with van der Waals surface area (Å²) < 4.78 is 0.900. The van der Waals surface area contributed by atoms with E-state index in [1.54, 1.807) is 12.1 Å². The van der Waals surface area contributed by atoms with Gasteiger partial charge in [0.25, 0.3) is 5.91 Å². The number of benzene rings is 1. The number of halogens is 1. The molecule has 0 spiro atoms. The third kappa shape index (κ3) is 2.89. The Bertz CT molecular complexity index is 515. The van der Waals surface area contributed by atoms with E-state index < -0.39 is 0 Å². The number of nitrogens with one attached hydrogen (secondary N) is 1. The smallest absolute Gasteiger partial charge is 0.267 e. The molecule has 3 rings (SSSR count). The highest BCUT2D eigenvalue weighted by atomic mass is 79.9. The molecule has 0 radical (unpaired) electrons. The predicted octanol–water partition coefficient (Wildman–Crippen LogP) is 3.60. The molecule has 1 amide bonds. The molecule has 2 fully saturated rings. The molecule has 2 aliphatic carbocycles. The monoisotopic (exact) mass is 320 g/mol. The number of carbonyl (C=O) groups excluding carboxylic acids is 1. The Balaban J connectivity index is 1.56. The van der Waals surface area contributed by atoms with Crippen LogP contribution in [0, 0.1) is 17.8 Å². The molecule has 3 nitrogen and oxygen atoms in total. The molecule has 19 heavy (non-hydrogen) atoms. The van der Waals surface area contributed by atoms with Crippen molar-refractivity contribution in [2.45, 2.75) is 25.7 Å². The minimum Gasteiger partial charge on any atom is -0.267 e. The van der Waals surface area contributed by atoms with Crippen LogP contribution in [-0.4, -0.2) is 12.1 Å². The van der Waals surface area contributed by atoms with Crippen molar-refractivity contribution in [2.75, 3.05) is 0 Å². The molecule has 0 unspecified atom stereocenters. The van der Waals surface area contributed by atoms with Crippen LogP contribution in [0.25, 0.3) is 0 Å². The lowest BCUT2D eigenvalue weighted by Gasteiger charge is -2.16. The second kappa shape index (κ2) is 5.45. The zero-order valence-electron chi connectivity index (χ0n) is 10.7. The number of hydrogen-bond acceptors (Lipinski definition) is 2. The Morgan fingerprint density at radius 3 is 2.95 bits per heavy atom. The lowest BCUT2D eigenvalue weighted by atomic mass is 9.90. The van der Waals surface area contributed by atoms with Crippen LogP contribution in [0.15, 0.2) is 33.8 Å². The molecule has 2 aliphatic rings. The standard InChI is InChI=1S/C15H17BrN2O/c16-14-3-1-2-12(8-14)15(19)18-17-9-13-7-10-4-5-11(13)6-10/h1-3,8-11,13H,4-7H2,(H,18,19)/b17-9-/t10-,11+,13-/m1/s1. The van der Waals surface area contributed by atoms with Crippen LogP contribution < -0.4 is 5.43 Å². The van der Waals surface area contributed by atoms with Crippen LogP contribution in [0.4, 0.5) is 0 Å². The van der Waals surface area contributed by atoms with Gasteiger partial charge in [-0.2, -0.15) is 5.10 Å². The summed E-state index contributed by atoms with van der Waals surface area (Å²) in [5.41, 5.74) is 3.25. The van der Waals surface area contributed by atoms with Gasteiger partial charge in [-0.3, -0.25) is 4.79 Å². The topological polar surface area (TPSA) is 41.5 Å². The van der Waals surface area contributed by atoms with Crippen molar-refractivity contribution in [3.8, 4) is 0 Å². The molecule has 2 bridgehead atoms. The lowest BCUT2D eigenvalue weighted by molar-refractivity contribution is 0.0954. The fourth-order valence-electron chi connectivity index (χ4n) is 3.36. The summed E-state index contributed by atoms with van der Waals surface area (Å²) in [7, 11) is 0. The van der Waals surface area contributed by atoms with Crippen molar-refractivity contribution in [3.63, 3.8) is 0 Å². The van der Waals surface area contributed by atoms with Crippen molar-refractivity contribution < 1.29 is 4.79 Å². The first-order chi connectivity index (χ1) is 9.22. The maximum Gasteiger partial charge on any atom is 0.271 e. The van der Waals surface area contributed by atoms with Crippen LogP contribution in [0.3, 0.4) is 0 Å². The highest BCUT2D eigenvalue weighted by Crippen LogP contribution is 2.47. The first-order valence-electron chi connectivity index (χ1n) is 6.81. The molecule has 2 saturated carbocycles. The van der Waals surface area contributed by atoms with Gasteiger partial charge in [-0.1, -0.05) is 28.4 Å². The quantitative estimate of drug-likeness (QED) is 0.671. The van der Waals surface area contributed by atoms with E-state index in [2.05, 4.69) is 26.5 Å². The maximum absolute atomic E-state index is 11.9. The molecule has 0 saturated heterocycles. The van der Waals surface area contributed by atoms with E-state index in [0.717, 1.165) is 16.3 Å². The number of hydrazone groups is 1. The molecule has 0 aromatic heterocycles. The van der Waals surface area contributed by atoms with Gasteiger partial charge in [0, 0.05) is 16.3 Å². The maximum atomic E-state index is 11.9. The number of nitrogens with zero attached hydrogens (tertiary/aromatic N) is 1. The molecule has 1 aromatic rings. The Hall–Kier alpha value is -1.16. The first-order valence-corrected chi connectivity index (χ1v) is 7.61. The van der Waals surface area contributed by atoms with Gasteiger partial charge in [0.2, 0.25) is 0 Å². The summed E-state index contributed by atoms with van der Waals surface area (Å²) in [6.07, 6.45) is 7.28. The fraction of sp³-hybridized carbons (Fsp3) is 0.467. The highest BCUT2D eigenvalue weighted by Gasteiger charge is 2.38. The number of carbonyl (C=O) groups is 1. The second-order valence-corrected chi connectivity index (χ2v) is 6.48. The Morgan fingerprint density at radius 1 is 1.37 bits per heavy atom. The summed E-state index contributed by atoms with van der Waals surface area (Å²) in [5, 5.41) is 4.14. The van der Waals surface area contributed by atoms with Crippen molar-refractivity contribution in [3.05, 3.63) is 34.3 Å². The summed E-state index contributed by atoms with van der Waals surface area (Å²) in [5.74, 6) is 2.13. The summed E-state index contributed by atoms with van der Waals surface area (Å²) in [4.78, 5) is 11.9. The van der Waals surface area contributed by atoms with E-state index in [9.17, 15) is 4.79 Å². The van der Waals surface area contributed by atoms with E-state index in [0.29, 0.717) is 11.5 Å². The molecule has 0 aliphatic heterocycles. The third-order valence-corrected chi connectivity index (χ3v) is 4.80. The van der Waals surface area contributed by atoms with Gasteiger partial charge in [0.1, 0.15) is 0 Å². The first kappa shape index (κ1) is 12.9. The number of amides is 1. The number of hydrogen-bond donors (Lipinski definition) is 1. The van der Waals surface area contributed by atoms with Crippen LogP contribution in [0.2, 0.25) is 0 Å². The molecule has 1 aromatic carbocycles. The average Bonchev–Trinajstić information content (AvgIpc) is 3.01. The highest BCUT2D eigenvalue weighted by molar-refractivity contribution is 9.10. The third-order valence-electron chi connectivity index (χ3n) is 4.31. The van der Waals surface area contributed by atoms with Crippen LogP contribution in [0.1, 0.15) is 36.0 Å². The minimum absolute atomic E-state index is 0.152. The van der Waals surface area contributed by atoms with Crippen molar-refractivity contribution in [1.82, 2.24) is 5.43 Å². The second-order valence-electron chi connectivity index (χ2n) is 5.57. The molecule has 1 N–H and O–H groups in total. The molecular formula is C15H17BrN2O. The summed E-state index contributed by atoms with van der Waals surface area (Å²) >= 11 is 3.36. The van der Waals surface area contributed by atoms with Gasteiger partial charge in [0.05, 0.1) is 0 Å². The fourth-order valence-corrected chi connectivity index (χ4v) is 3.76. The van der Waals surface area contributed by atoms with Crippen LogP contribution >= 0.6 is 15.9 Å². The van der Waals surface area contributed by atoms with E-state index >= 15 is 0 Å². The predicted molar refractivity (Wildman–Crippen MR) is 79.0 cm³/mol. The van der Waals surface area contributed by atoms with Gasteiger partial charge in [-0.05, 0) is 55.2 Å². The SMILES string of the molecule is O=C(N/N=C\[C@H]1C[C@@H]2CC[C@H]1C2)c1cccc(Br)c1. The number of rotatable bonds is 3. The van der Waals surface area contributed by atoms with Crippen LogP contribution in [0.5, 0.6) is 0 Å². The van der Waals surface area contributed by atoms with E-state index in [1.165, 1.54) is 25.7 Å².